The molecule has 0 saturated carbocycles. The second-order valence-electron chi connectivity index (χ2n) is 3.84. The molecule has 1 aromatic heterocycles. The molecule has 1 aromatic carbocycles. The van der Waals surface area contributed by atoms with Gasteiger partial charge in [-0.2, -0.15) is 5.10 Å². The Labute approximate surface area is 97.4 Å². The maximum atomic E-state index is 10.9. The lowest BCUT2D eigenvalue weighted by atomic mass is 10.0. The summed E-state index contributed by atoms with van der Waals surface area (Å²) in [6, 6.07) is 3.76. The van der Waals surface area contributed by atoms with Gasteiger partial charge in [0.05, 0.1) is 17.5 Å². The highest BCUT2D eigenvalue weighted by Gasteiger charge is 2.18. The van der Waals surface area contributed by atoms with E-state index in [1.54, 1.807) is 0 Å². The number of aldehydes is 1. The van der Waals surface area contributed by atoms with E-state index in [0.29, 0.717) is 17.0 Å². The Morgan fingerprint density at radius 2 is 2.12 bits per heavy atom. The number of ether oxygens (including phenoxy) is 2. The SMILES string of the molecule is Cc1cc2c(cc1-c1[nH]ncc1C=O)OCO2. The number of carbonyl (C=O) groups excluding carboxylic acids is 1. The summed E-state index contributed by atoms with van der Waals surface area (Å²) in [7, 11) is 0. The highest BCUT2D eigenvalue weighted by Crippen LogP contribution is 2.38. The molecule has 0 aliphatic carbocycles. The number of H-pyrrole nitrogens is 1. The molecular weight excluding hydrogens is 220 g/mol. The molecule has 3 rings (SSSR count). The minimum absolute atomic E-state index is 0.238. The van der Waals surface area contributed by atoms with Crippen LogP contribution in [-0.2, 0) is 0 Å². The normalized spacial score (nSPS) is 12.8. The number of nitrogens with zero attached hydrogens (tertiary/aromatic N) is 1. The number of fused-ring (bicyclic) bond motifs is 1. The van der Waals surface area contributed by atoms with Crippen LogP contribution < -0.4 is 9.47 Å². The number of benzene rings is 1. The van der Waals surface area contributed by atoms with Gasteiger partial charge in [0, 0.05) is 5.56 Å². The Hall–Kier alpha value is -2.30. The molecule has 0 fully saturated rings. The van der Waals surface area contributed by atoms with Gasteiger partial charge in [-0.1, -0.05) is 0 Å². The van der Waals surface area contributed by atoms with Crippen molar-refractivity contribution in [3.63, 3.8) is 0 Å². The highest BCUT2D eigenvalue weighted by molar-refractivity contribution is 5.86. The Balaban J connectivity index is 2.18. The van der Waals surface area contributed by atoms with E-state index in [0.717, 1.165) is 23.2 Å². The summed E-state index contributed by atoms with van der Waals surface area (Å²) in [4.78, 5) is 10.9. The van der Waals surface area contributed by atoms with Gasteiger partial charge in [-0.05, 0) is 24.6 Å². The summed E-state index contributed by atoms with van der Waals surface area (Å²) in [6.07, 6.45) is 2.29. The van der Waals surface area contributed by atoms with Crippen molar-refractivity contribution in [2.24, 2.45) is 0 Å². The van der Waals surface area contributed by atoms with Crippen LogP contribution in [-0.4, -0.2) is 23.3 Å². The fourth-order valence-corrected chi connectivity index (χ4v) is 1.91. The summed E-state index contributed by atoms with van der Waals surface area (Å²) in [6.45, 7) is 2.19. The minimum Gasteiger partial charge on any atom is -0.454 e. The van der Waals surface area contributed by atoms with Crippen molar-refractivity contribution in [3.8, 4) is 22.8 Å². The second kappa shape index (κ2) is 3.62. The topological polar surface area (TPSA) is 64.2 Å². The third kappa shape index (κ3) is 1.47. The molecule has 1 aliphatic rings. The molecule has 2 heterocycles. The zero-order valence-corrected chi connectivity index (χ0v) is 9.19. The van der Waals surface area contributed by atoms with Crippen molar-refractivity contribution < 1.29 is 14.3 Å². The van der Waals surface area contributed by atoms with Crippen LogP contribution in [0, 0.1) is 6.92 Å². The van der Waals surface area contributed by atoms with Crippen LogP contribution in [0.25, 0.3) is 11.3 Å². The fourth-order valence-electron chi connectivity index (χ4n) is 1.91. The third-order valence-electron chi connectivity index (χ3n) is 2.78. The molecule has 1 aliphatic heterocycles. The van der Waals surface area contributed by atoms with E-state index in [1.165, 1.54) is 6.20 Å². The molecule has 0 radical (unpaired) electrons. The molecule has 17 heavy (non-hydrogen) atoms. The van der Waals surface area contributed by atoms with Crippen molar-refractivity contribution in [3.05, 3.63) is 29.5 Å². The van der Waals surface area contributed by atoms with Crippen LogP contribution >= 0.6 is 0 Å². The van der Waals surface area contributed by atoms with Crippen molar-refractivity contribution in [2.45, 2.75) is 6.92 Å². The summed E-state index contributed by atoms with van der Waals surface area (Å²) >= 11 is 0. The summed E-state index contributed by atoms with van der Waals surface area (Å²) < 4.78 is 10.6. The van der Waals surface area contributed by atoms with Gasteiger partial charge in [-0.3, -0.25) is 9.89 Å². The van der Waals surface area contributed by atoms with Gasteiger partial charge in [-0.15, -0.1) is 0 Å². The standard InChI is InChI=1S/C12H10N2O3/c1-7-2-10-11(17-6-16-10)3-9(7)12-8(5-15)4-13-14-12/h2-5H,6H2,1H3,(H,13,14). The number of nitrogens with one attached hydrogen (secondary N) is 1. The lowest BCUT2D eigenvalue weighted by molar-refractivity contribution is 0.112. The molecule has 0 saturated heterocycles. The number of aromatic amines is 1. The van der Waals surface area contributed by atoms with Gasteiger partial charge in [0.25, 0.3) is 0 Å². The zero-order chi connectivity index (χ0) is 11.8. The van der Waals surface area contributed by atoms with E-state index in [2.05, 4.69) is 10.2 Å². The molecule has 0 unspecified atom stereocenters. The fraction of sp³-hybridized carbons (Fsp3) is 0.167. The number of rotatable bonds is 2. The Kier molecular flexibility index (Phi) is 2.11. The lowest BCUT2D eigenvalue weighted by Gasteiger charge is -2.06. The molecule has 0 bridgehead atoms. The molecular formula is C12H10N2O3. The van der Waals surface area contributed by atoms with Gasteiger partial charge in [0.2, 0.25) is 6.79 Å². The van der Waals surface area contributed by atoms with Crippen molar-refractivity contribution in [1.82, 2.24) is 10.2 Å². The number of aromatic nitrogens is 2. The highest BCUT2D eigenvalue weighted by atomic mass is 16.7. The van der Waals surface area contributed by atoms with Gasteiger partial charge < -0.3 is 9.47 Å². The first-order chi connectivity index (χ1) is 8.29. The van der Waals surface area contributed by atoms with Crippen LogP contribution in [0.4, 0.5) is 0 Å². The van der Waals surface area contributed by atoms with E-state index < -0.39 is 0 Å². The second-order valence-corrected chi connectivity index (χ2v) is 3.84. The smallest absolute Gasteiger partial charge is 0.231 e. The van der Waals surface area contributed by atoms with E-state index in [4.69, 9.17) is 9.47 Å². The number of aryl methyl sites for hydroxylation is 1. The summed E-state index contributed by atoms with van der Waals surface area (Å²) in [5, 5.41) is 6.70. The molecule has 2 aromatic rings. The number of hydrogen-bond acceptors (Lipinski definition) is 4. The first-order valence-electron chi connectivity index (χ1n) is 5.19. The zero-order valence-electron chi connectivity index (χ0n) is 9.19. The first kappa shape index (κ1) is 9.89. The quantitative estimate of drug-likeness (QED) is 0.800. The van der Waals surface area contributed by atoms with Gasteiger partial charge in [0.15, 0.2) is 17.8 Å². The average molecular weight is 230 g/mol. The maximum absolute atomic E-state index is 10.9. The Morgan fingerprint density at radius 3 is 2.88 bits per heavy atom. The van der Waals surface area contributed by atoms with Crippen LogP contribution in [0.2, 0.25) is 0 Å². The van der Waals surface area contributed by atoms with Gasteiger partial charge >= 0.3 is 0 Å². The van der Waals surface area contributed by atoms with Crippen LogP contribution in [0.1, 0.15) is 15.9 Å². The maximum Gasteiger partial charge on any atom is 0.231 e. The molecule has 0 spiro atoms. The largest absolute Gasteiger partial charge is 0.454 e. The monoisotopic (exact) mass is 230 g/mol. The van der Waals surface area contributed by atoms with Crippen molar-refractivity contribution in [1.29, 1.82) is 0 Å². The number of carbonyl (C=O) groups is 1. The van der Waals surface area contributed by atoms with E-state index in [-0.39, 0.29) is 6.79 Å². The summed E-state index contributed by atoms with van der Waals surface area (Å²) in [5.74, 6) is 1.43. The molecule has 86 valence electrons. The van der Waals surface area contributed by atoms with Gasteiger partial charge in [0.1, 0.15) is 0 Å². The molecule has 1 N–H and O–H groups in total. The van der Waals surface area contributed by atoms with E-state index in [9.17, 15) is 4.79 Å². The van der Waals surface area contributed by atoms with Gasteiger partial charge in [-0.25, -0.2) is 0 Å². The molecule has 5 nitrogen and oxygen atoms in total. The number of hydrogen-bond donors (Lipinski definition) is 1. The molecule has 5 heteroatoms. The van der Waals surface area contributed by atoms with Crippen LogP contribution in [0.15, 0.2) is 18.3 Å². The van der Waals surface area contributed by atoms with E-state index >= 15 is 0 Å². The lowest BCUT2D eigenvalue weighted by Crippen LogP contribution is -1.92. The minimum atomic E-state index is 0.238. The average Bonchev–Trinajstić information content (AvgIpc) is 2.94. The summed E-state index contributed by atoms with van der Waals surface area (Å²) in [5.41, 5.74) is 3.14. The van der Waals surface area contributed by atoms with Crippen molar-refractivity contribution in [2.75, 3.05) is 6.79 Å². The van der Waals surface area contributed by atoms with Crippen LogP contribution in [0.5, 0.6) is 11.5 Å². The Morgan fingerprint density at radius 1 is 1.35 bits per heavy atom. The van der Waals surface area contributed by atoms with E-state index in [1.807, 2.05) is 19.1 Å². The predicted molar refractivity (Wildman–Crippen MR) is 60.3 cm³/mol. The third-order valence-corrected chi connectivity index (χ3v) is 2.78. The molecule has 0 amide bonds. The molecule has 0 atom stereocenters. The predicted octanol–water partition coefficient (Wildman–Crippen LogP) is 1.93. The van der Waals surface area contributed by atoms with Crippen molar-refractivity contribution >= 4 is 6.29 Å². The van der Waals surface area contributed by atoms with Crippen LogP contribution in [0.3, 0.4) is 0 Å². The first-order valence-corrected chi connectivity index (χ1v) is 5.19. The Bertz CT molecular complexity index is 589.